The number of carbonyl (C=O) groups excluding carboxylic acids is 2. The van der Waals surface area contributed by atoms with E-state index in [-0.39, 0.29) is 23.3 Å². The molecule has 0 aliphatic carbocycles. The predicted octanol–water partition coefficient (Wildman–Crippen LogP) is 5.18. The van der Waals surface area contributed by atoms with E-state index in [4.69, 9.17) is 9.47 Å². The van der Waals surface area contributed by atoms with Crippen molar-refractivity contribution in [2.45, 2.75) is 58.5 Å². The summed E-state index contributed by atoms with van der Waals surface area (Å²) < 4.78 is 39.9. The molecule has 3 aromatic rings. The molecule has 2 amide bonds. The number of hydrogen-bond donors (Lipinski definition) is 1. The van der Waals surface area contributed by atoms with Crippen molar-refractivity contribution in [2.75, 3.05) is 31.1 Å². The molecule has 0 aromatic heterocycles. The van der Waals surface area contributed by atoms with Crippen LogP contribution in [0.15, 0.2) is 77.7 Å². The fourth-order valence-electron chi connectivity index (χ4n) is 4.51. The molecule has 1 atom stereocenters. The number of amides is 2. The number of sulfonamides is 1. The number of nitrogens with zero attached hydrogens (tertiary/aromatic N) is 2. The van der Waals surface area contributed by atoms with Crippen molar-refractivity contribution in [1.82, 2.24) is 10.2 Å². The molecule has 10 heteroatoms. The monoisotopic (exact) mass is 609 g/mol. The highest BCUT2D eigenvalue weighted by Gasteiger charge is 2.33. The van der Waals surface area contributed by atoms with Crippen molar-refractivity contribution < 1.29 is 27.5 Å². The Hall–Kier alpha value is -4.05. The van der Waals surface area contributed by atoms with E-state index < -0.39 is 28.5 Å². The van der Waals surface area contributed by atoms with Crippen molar-refractivity contribution in [1.29, 1.82) is 0 Å². The van der Waals surface area contributed by atoms with Gasteiger partial charge in [-0.05, 0) is 80.3 Å². The maximum atomic E-state index is 14.2. The standard InChI is InChI=1S/C33H43N3O6S/c1-7-31(33(38)34-21-24(3)4)35(22-26-11-15-28(41-6)16-12-26)32(37)23-36(27-13-9-25(5)10-14-27)43(39,40)30-19-17-29(18-20-30)42-8-2/h9-20,24,31H,7-8,21-23H2,1-6H3,(H,34,38)/t31-/m1/s1. The van der Waals surface area contributed by atoms with Crippen molar-refractivity contribution in [2.24, 2.45) is 5.92 Å². The normalized spacial score (nSPS) is 12.0. The van der Waals surface area contributed by atoms with Gasteiger partial charge in [-0.2, -0.15) is 0 Å². The zero-order valence-electron chi connectivity index (χ0n) is 25.9. The highest BCUT2D eigenvalue weighted by atomic mass is 32.2. The van der Waals surface area contributed by atoms with Crippen LogP contribution in [-0.4, -0.2) is 58.0 Å². The van der Waals surface area contributed by atoms with Crippen molar-refractivity contribution in [3.63, 3.8) is 0 Å². The second-order valence-corrected chi connectivity index (χ2v) is 12.5. The Kier molecular flexibility index (Phi) is 12.0. The average Bonchev–Trinajstić information content (AvgIpc) is 2.99. The lowest BCUT2D eigenvalue weighted by Crippen LogP contribution is -2.52. The minimum atomic E-state index is -4.17. The van der Waals surface area contributed by atoms with Crippen LogP contribution in [0.4, 0.5) is 5.69 Å². The summed E-state index contributed by atoms with van der Waals surface area (Å²) in [5, 5.41) is 2.94. The van der Waals surface area contributed by atoms with Crippen molar-refractivity contribution in [3.8, 4) is 11.5 Å². The molecule has 0 saturated heterocycles. The lowest BCUT2D eigenvalue weighted by Gasteiger charge is -2.33. The maximum absolute atomic E-state index is 14.2. The number of nitrogens with one attached hydrogen (secondary N) is 1. The molecule has 0 heterocycles. The van der Waals surface area contributed by atoms with Crippen LogP contribution in [-0.2, 0) is 26.2 Å². The molecule has 0 radical (unpaired) electrons. The van der Waals surface area contributed by atoms with Crippen LogP contribution in [0.3, 0.4) is 0 Å². The summed E-state index contributed by atoms with van der Waals surface area (Å²) in [7, 11) is -2.60. The fourth-order valence-corrected chi connectivity index (χ4v) is 5.93. The van der Waals surface area contributed by atoms with Crippen molar-refractivity contribution >= 4 is 27.5 Å². The number of aryl methyl sites for hydroxylation is 1. The van der Waals surface area contributed by atoms with E-state index in [0.717, 1.165) is 15.4 Å². The summed E-state index contributed by atoms with van der Waals surface area (Å²) in [6.45, 7) is 10.1. The smallest absolute Gasteiger partial charge is 0.264 e. The average molecular weight is 610 g/mol. The molecule has 0 bridgehead atoms. The summed E-state index contributed by atoms with van der Waals surface area (Å²) in [6, 6.07) is 19.5. The number of rotatable bonds is 15. The Morgan fingerprint density at radius 3 is 2.02 bits per heavy atom. The first kappa shape index (κ1) is 33.5. The van der Waals surface area contributed by atoms with Crippen molar-refractivity contribution in [3.05, 3.63) is 83.9 Å². The van der Waals surface area contributed by atoms with E-state index in [1.165, 1.54) is 17.0 Å². The van der Waals surface area contributed by atoms with Gasteiger partial charge in [0.1, 0.15) is 24.1 Å². The fraction of sp³-hybridized carbons (Fsp3) is 0.394. The second kappa shape index (κ2) is 15.4. The Morgan fingerprint density at radius 2 is 1.49 bits per heavy atom. The van der Waals surface area contributed by atoms with Crippen LogP contribution in [0.1, 0.15) is 45.2 Å². The topological polar surface area (TPSA) is 105 Å². The van der Waals surface area contributed by atoms with Crippen LogP contribution in [0.5, 0.6) is 11.5 Å². The van der Waals surface area contributed by atoms with Crippen LogP contribution in [0.25, 0.3) is 0 Å². The number of hydrogen-bond acceptors (Lipinski definition) is 6. The predicted molar refractivity (Wildman–Crippen MR) is 169 cm³/mol. The molecule has 3 rings (SSSR count). The van der Waals surface area contributed by atoms with E-state index in [1.54, 1.807) is 55.6 Å². The molecule has 43 heavy (non-hydrogen) atoms. The SMILES string of the molecule is CCOc1ccc(S(=O)(=O)N(CC(=O)N(Cc2ccc(OC)cc2)[C@H](CC)C(=O)NCC(C)C)c2ccc(C)cc2)cc1. The van der Waals surface area contributed by atoms with Gasteiger partial charge in [-0.3, -0.25) is 13.9 Å². The molecular weight excluding hydrogens is 566 g/mol. The third kappa shape index (κ3) is 8.97. The lowest BCUT2D eigenvalue weighted by molar-refractivity contribution is -0.140. The summed E-state index contributed by atoms with van der Waals surface area (Å²) in [5.74, 6) is 0.647. The summed E-state index contributed by atoms with van der Waals surface area (Å²) >= 11 is 0. The minimum absolute atomic E-state index is 0.0211. The summed E-state index contributed by atoms with van der Waals surface area (Å²) in [5.41, 5.74) is 2.07. The lowest BCUT2D eigenvalue weighted by atomic mass is 10.1. The van der Waals surface area contributed by atoms with Crippen LogP contribution >= 0.6 is 0 Å². The van der Waals surface area contributed by atoms with E-state index >= 15 is 0 Å². The van der Waals surface area contributed by atoms with Gasteiger partial charge in [0.25, 0.3) is 10.0 Å². The third-order valence-corrected chi connectivity index (χ3v) is 8.69. The van der Waals surface area contributed by atoms with Gasteiger partial charge in [0.15, 0.2) is 0 Å². The van der Waals surface area contributed by atoms with E-state index in [1.807, 2.05) is 46.8 Å². The first-order valence-electron chi connectivity index (χ1n) is 14.5. The Balaban J connectivity index is 2.03. The molecule has 3 aromatic carbocycles. The highest BCUT2D eigenvalue weighted by Crippen LogP contribution is 2.27. The molecule has 0 fully saturated rings. The summed E-state index contributed by atoms with van der Waals surface area (Å²) in [6.07, 6.45) is 0.349. The molecule has 232 valence electrons. The molecule has 0 aliphatic rings. The molecule has 1 N–H and O–H groups in total. The molecule has 0 unspecified atom stereocenters. The molecular formula is C33H43N3O6S. The zero-order valence-corrected chi connectivity index (χ0v) is 26.7. The largest absolute Gasteiger partial charge is 0.497 e. The first-order valence-corrected chi connectivity index (χ1v) is 16.0. The number of benzene rings is 3. The van der Waals surface area contributed by atoms with Gasteiger partial charge in [-0.1, -0.05) is 50.6 Å². The first-order chi connectivity index (χ1) is 20.5. The van der Waals surface area contributed by atoms with Gasteiger partial charge < -0.3 is 19.7 Å². The Labute approximate surface area is 255 Å². The molecule has 0 aliphatic heterocycles. The number of methoxy groups -OCH3 is 1. The highest BCUT2D eigenvalue weighted by molar-refractivity contribution is 7.92. The second-order valence-electron chi connectivity index (χ2n) is 10.7. The zero-order chi connectivity index (χ0) is 31.6. The van der Waals surface area contributed by atoms with E-state index in [0.29, 0.717) is 36.8 Å². The van der Waals surface area contributed by atoms with Crippen LogP contribution in [0.2, 0.25) is 0 Å². The van der Waals surface area contributed by atoms with Gasteiger partial charge in [0.2, 0.25) is 11.8 Å². The number of carbonyl (C=O) groups is 2. The van der Waals surface area contributed by atoms with Gasteiger partial charge in [0.05, 0.1) is 24.3 Å². The Bertz CT molecular complexity index is 1440. The molecule has 0 saturated carbocycles. The number of ether oxygens (including phenoxy) is 2. The third-order valence-electron chi connectivity index (χ3n) is 6.91. The van der Waals surface area contributed by atoms with E-state index in [9.17, 15) is 18.0 Å². The van der Waals surface area contributed by atoms with E-state index in [2.05, 4.69) is 5.32 Å². The van der Waals surface area contributed by atoms with Gasteiger partial charge in [0, 0.05) is 13.1 Å². The van der Waals surface area contributed by atoms with Gasteiger partial charge >= 0.3 is 0 Å². The molecule has 0 spiro atoms. The van der Waals surface area contributed by atoms with Gasteiger partial charge in [-0.15, -0.1) is 0 Å². The number of anilines is 1. The quantitative estimate of drug-likeness (QED) is 0.255. The Morgan fingerprint density at radius 1 is 0.884 bits per heavy atom. The summed E-state index contributed by atoms with van der Waals surface area (Å²) in [4.78, 5) is 29.0. The van der Waals surface area contributed by atoms with Gasteiger partial charge in [-0.25, -0.2) is 8.42 Å². The molecule has 9 nitrogen and oxygen atoms in total. The van der Waals surface area contributed by atoms with Crippen LogP contribution in [0, 0.1) is 12.8 Å². The minimum Gasteiger partial charge on any atom is -0.497 e. The maximum Gasteiger partial charge on any atom is 0.264 e. The van der Waals surface area contributed by atoms with Crippen LogP contribution < -0.4 is 19.1 Å².